The van der Waals surface area contributed by atoms with Crippen LogP contribution < -0.4 is 0 Å². The van der Waals surface area contributed by atoms with E-state index in [0.717, 1.165) is 32.1 Å². The maximum absolute atomic E-state index is 12.0. The van der Waals surface area contributed by atoms with Crippen LogP contribution in [0.15, 0.2) is 36.0 Å². The van der Waals surface area contributed by atoms with Crippen LogP contribution in [-0.2, 0) is 19.1 Å². The molecule has 1 aliphatic heterocycles. The second-order valence-electron chi connectivity index (χ2n) is 11.7. The number of hydrogen-bond donors (Lipinski definition) is 2. The van der Waals surface area contributed by atoms with Crippen LogP contribution >= 0.6 is 0 Å². The fourth-order valence-corrected chi connectivity index (χ4v) is 8.43. The summed E-state index contributed by atoms with van der Waals surface area (Å²) in [5.74, 6) is -1.57. The number of Topliss-reactive ketones (excluding diaryl/α,β-unsaturated/α-hetero) is 1. The van der Waals surface area contributed by atoms with Crippen LogP contribution in [0.1, 0.15) is 65.2 Å². The lowest BCUT2D eigenvalue weighted by atomic mass is 9.49. The van der Waals surface area contributed by atoms with Gasteiger partial charge >= 0.3 is 5.97 Å². The quantitative estimate of drug-likeness (QED) is 0.456. The Labute approximate surface area is 202 Å². The molecule has 7 atom stereocenters. The molecule has 34 heavy (non-hydrogen) atoms. The lowest BCUT2D eigenvalue weighted by Crippen LogP contribution is -2.54. The van der Waals surface area contributed by atoms with Crippen molar-refractivity contribution in [3.63, 3.8) is 0 Å². The lowest BCUT2D eigenvalue weighted by molar-refractivity contribution is -0.175. The van der Waals surface area contributed by atoms with Crippen LogP contribution in [0.2, 0.25) is 0 Å². The predicted octanol–water partition coefficient (Wildman–Crippen LogP) is 4.44. The number of hydrogen-bond acceptors (Lipinski definition) is 5. The Balaban J connectivity index is 1.40. The zero-order valence-corrected chi connectivity index (χ0v) is 20.5. The van der Waals surface area contributed by atoms with Gasteiger partial charge in [-0.05, 0) is 74.7 Å². The zero-order chi connectivity index (χ0) is 24.5. The van der Waals surface area contributed by atoms with E-state index in [1.54, 1.807) is 0 Å². The average molecular weight is 471 g/mol. The molecule has 3 saturated carbocycles. The smallest absolute Gasteiger partial charge is 0.314 e. The summed E-state index contributed by atoms with van der Waals surface area (Å²) in [6.45, 7) is 13.5. The number of carboxylic acid groups (broad SMARTS) is 1. The number of aliphatic carboxylic acids is 1. The summed E-state index contributed by atoms with van der Waals surface area (Å²) >= 11 is 0. The van der Waals surface area contributed by atoms with Gasteiger partial charge in [0.15, 0.2) is 5.79 Å². The molecule has 5 aliphatic rings. The second kappa shape index (κ2) is 8.14. The number of ether oxygens (including phenoxy) is 2. The first-order chi connectivity index (χ1) is 16.0. The number of rotatable bonds is 5. The van der Waals surface area contributed by atoms with Gasteiger partial charge in [-0.15, -0.1) is 0 Å². The highest BCUT2D eigenvalue weighted by Gasteiger charge is 2.64. The molecule has 6 nitrogen and oxygen atoms in total. The first kappa shape index (κ1) is 24.0. The standard InChI is InChI=1S/C28H38O6/c1-16-14-26(4)23(8-10-28(26,32)17(2)13-22(18(3)29)25(30)31)21-6-5-19-15-27(33-11-12-34-27)9-7-20(19)24(16)21/h5,20-24,32H,1-2,6-15H2,3-4H3,(H,30,31)/t20-,21-,22?,23-,24+,26-,28-/m0/s1. The number of ketones is 1. The average Bonchev–Trinajstić information content (AvgIpc) is 3.33. The molecule has 0 aromatic heterocycles. The highest BCUT2D eigenvalue weighted by atomic mass is 16.7. The summed E-state index contributed by atoms with van der Waals surface area (Å²) in [5.41, 5.74) is 1.47. The molecule has 0 bridgehead atoms. The molecule has 0 aromatic carbocycles. The Hall–Kier alpha value is -1.76. The largest absolute Gasteiger partial charge is 0.481 e. The molecule has 4 fully saturated rings. The van der Waals surface area contributed by atoms with Crippen molar-refractivity contribution in [1.82, 2.24) is 0 Å². The van der Waals surface area contributed by atoms with E-state index in [1.165, 1.54) is 18.1 Å². The van der Waals surface area contributed by atoms with E-state index in [0.29, 0.717) is 55.3 Å². The van der Waals surface area contributed by atoms with Crippen molar-refractivity contribution in [1.29, 1.82) is 0 Å². The molecule has 1 heterocycles. The van der Waals surface area contributed by atoms with Crippen LogP contribution in [0.25, 0.3) is 0 Å². The minimum absolute atomic E-state index is 0.0151. The van der Waals surface area contributed by atoms with Crippen LogP contribution in [0.5, 0.6) is 0 Å². The number of carboxylic acids is 1. The summed E-state index contributed by atoms with van der Waals surface area (Å²) in [4.78, 5) is 23.6. The van der Waals surface area contributed by atoms with Crippen LogP contribution in [0, 0.1) is 35.0 Å². The molecular weight excluding hydrogens is 432 g/mol. The van der Waals surface area contributed by atoms with E-state index >= 15 is 0 Å². The number of allylic oxidation sites excluding steroid dienone is 2. The summed E-state index contributed by atoms with van der Waals surface area (Å²) in [7, 11) is 0. The van der Waals surface area contributed by atoms with Gasteiger partial charge in [0.1, 0.15) is 11.7 Å². The molecule has 1 unspecified atom stereocenters. The molecule has 0 aromatic rings. The fourth-order valence-electron chi connectivity index (χ4n) is 8.43. The van der Waals surface area contributed by atoms with Crippen LogP contribution in [0.3, 0.4) is 0 Å². The molecule has 186 valence electrons. The van der Waals surface area contributed by atoms with Crippen molar-refractivity contribution < 1.29 is 29.3 Å². The zero-order valence-electron chi connectivity index (χ0n) is 20.5. The Kier molecular flexibility index (Phi) is 5.74. The third kappa shape index (κ3) is 3.40. The SMILES string of the molecule is C=C1C[C@@]2(C)[C@@H](CC[C@]2(O)C(=C)CC(C(C)=O)C(=O)O)[C@@H]2CC=C3CC4(CC[C@@H]3[C@@H]12)OCCO4. The Morgan fingerprint density at radius 3 is 2.56 bits per heavy atom. The van der Waals surface area contributed by atoms with Gasteiger partial charge in [0.25, 0.3) is 0 Å². The monoisotopic (exact) mass is 470 g/mol. The Bertz CT molecular complexity index is 944. The van der Waals surface area contributed by atoms with E-state index in [-0.39, 0.29) is 6.42 Å². The van der Waals surface area contributed by atoms with Gasteiger partial charge in [-0.2, -0.15) is 0 Å². The lowest BCUT2D eigenvalue weighted by Gasteiger charge is -2.57. The maximum Gasteiger partial charge on any atom is 0.314 e. The van der Waals surface area contributed by atoms with Crippen molar-refractivity contribution in [2.24, 2.45) is 35.0 Å². The maximum atomic E-state index is 12.0. The van der Waals surface area contributed by atoms with Crippen molar-refractivity contribution in [3.8, 4) is 0 Å². The predicted molar refractivity (Wildman–Crippen MR) is 127 cm³/mol. The molecule has 6 heteroatoms. The highest BCUT2D eigenvalue weighted by Crippen LogP contribution is 2.67. The van der Waals surface area contributed by atoms with Gasteiger partial charge in [-0.1, -0.05) is 37.3 Å². The third-order valence-electron chi connectivity index (χ3n) is 10.1. The van der Waals surface area contributed by atoms with Crippen molar-refractivity contribution in [2.75, 3.05) is 13.2 Å². The summed E-state index contributed by atoms with van der Waals surface area (Å²) in [6.07, 6.45) is 8.27. The van der Waals surface area contributed by atoms with Gasteiger partial charge in [0.2, 0.25) is 0 Å². The summed E-state index contributed by atoms with van der Waals surface area (Å²) in [6, 6.07) is 0. The van der Waals surface area contributed by atoms with Gasteiger partial charge < -0.3 is 19.7 Å². The highest BCUT2D eigenvalue weighted by molar-refractivity contribution is 5.97. The first-order valence-electron chi connectivity index (χ1n) is 12.8. The minimum atomic E-state index is -1.19. The first-order valence-corrected chi connectivity index (χ1v) is 12.8. The molecule has 2 N–H and O–H groups in total. The van der Waals surface area contributed by atoms with Crippen LogP contribution in [0.4, 0.5) is 0 Å². The number of fused-ring (bicyclic) bond motifs is 5. The fraction of sp³-hybridized carbons (Fsp3) is 0.714. The van der Waals surface area contributed by atoms with E-state index in [4.69, 9.17) is 9.47 Å². The molecule has 0 amide bonds. The van der Waals surface area contributed by atoms with E-state index in [1.807, 2.05) is 0 Å². The van der Waals surface area contributed by atoms with Gasteiger partial charge in [0.05, 0.1) is 18.8 Å². The normalized spacial score (nSPS) is 41.3. The second-order valence-corrected chi connectivity index (χ2v) is 11.7. The van der Waals surface area contributed by atoms with Gasteiger partial charge in [0, 0.05) is 18.3 Å². The van der Waals surface area contributed by atoms with Crippen molar-refractivity contribution in [2.45, 2.75) is 76.6 Å². The molecular formula is C28H38O6. The third-order valence-corrected chi connectivity index (χ3v) is 10.1. The molecule has 0 radical (unpaired) electrons. The number of carbonyl (C=O) groups is 2. The molecule has 1 saturated heterocycles. The van der Waals surface area contributed by atoms with Gasteiger partial charge in [-0.25, -0.2) is 0 Å². The number of aliphatic hydroxyl groups is 1. The van der Waals surface area contributed by atoms with Crippen LogP contribution in [-0.4, -0.2) is 46.6 Å². The Morgan fingerprint density at radius 2 is 1.91 bits per heavy atom. The molecule has 5 rings (SSSR count). The topological polar surface area (TPSA) is 93.1 Å². The summed E-state index contributed by atoms with van der Waals surface area (Å²) in [5, 5.41) is 21.5. The van der Waals surface area contributed by atoms with Crippen molar-refractivity contribution >= 4 is 11.8 Å². The molecule has 4 aliphatic carbocycles. The van der Waals surface area contributed by atoms with E-state index in [9.17, 15) is 19.8 Å². The summed E-state index contributed by atoms with van der Waals surface area (Å²) < 4.78 is 12.0. The minimum Gasteiger partial charge on any atom is -0.481 e. The van der Waals surface area contributed by atoms with Crippen molar-refractivity contribution in [3.05, 3.63) is 36.0 Å². The van der Waals surface area contributed by atoms with E-state index in [2.05, 4.69) is 26.2 Å². The number of carbonyl (C=O) groups excluding carboxylic acids is 1. The Morgan fingerprint density at radius 1 is 1.21 bits per heavy atom. The van der Waals surface area contributed by atoms with Gasteiger partial charge in [-0.3, -0.25) is 9.59 Å². The van der Waals surface area contributed by atoms with E-state index < -0.39 is 34.5 Å². The molecule has 1 spiro atoms.